The van der Waals surface area contributed by atoms with E-state index < -0.39 is 29.9 Å². The van der Waals surface area contributed by atoms with E-state index in [9.17, 15) is 22.4 Å². The Balaban J connectivity index is 1.62. The molecule has 1 aliphatic rings. The Bertz CT molecular complexity index is 1280. The van der Waals surface area contributed by atoms with Crippen LogP contribution in [0.3, 0.4) is 0 Å². The summed E-state index contributed by atoms with van der Waals surface area (Å²) in [7, 11) is 1.42. The molecule has 3 N–H and O–H groups in total. The Morgan fingerprint density at radius 2 is 1.78 bits per heavy atom. The van der Waals surface area contributed by atoms with Crippen molar-refractivity contribution in [1.82, 2.24) is 10.3 Å². The first-order valence-electron chi connectivity index (χ1n) is 11.7. The van der Waals surface area contributed by atoms with Crippen LogP contribution in [0, 0.1) is 5.82 Å². The zero-order valence-corrected chi connectivity index (χ0v) is 20.4. The third kappa shape index (κ3) is 5.85. The van der Waals surface area contributed by atoms with Crippen molar-refractivity contribution in [2.75, 3.05) is 13.7 Å². The summed E-state index contributed by atoms with van der Waals surface area (Å²) in [5.74, 6) is -0.400. The second-order valence-corrected chi connectivity index (χ2v) is 9.15. The van der Waals surface area contributed by atoms with Crippen LogP contribution in [0.2, 0.25) is 0 Å². The number of nitrogens with zero attached hydrogens (tertiary/aromatic N) is 1. The zero-order chi connectivity index (χ0) is 26.8. The van der Waals surface area contributed by atoms with Crippen molar-refractivity contribution >= 4 is 5.91 Å². The molecular formula is C27H27F4N3O3. The van der Waals surface area contributed by atoms with Crippen molar-refractivity contribution in [3.63, 3.8) is 0 Å². The molecule has 3 aromatic rings. The number of amides is 1. The summed E-state index contributed by atoms with van der Waals surface area (Å²) in [5.41, 5.74) is 4.10. The average molecular weight is 518 g/mol. The van der Waals surface area contributed by atoms with Crippen LogP contribution >= 0.6 is 0 Å². The first-order valence-corrected chi connectivity index (χ1v) is 11.7. The molecule has 6 nitrogen and oxygen atoms in total. The van der Waals surface area contributed by atoms with Gasteiger partial charge in [0.15, 0.2) is 11.5 Å². The molecule has 0 bridgehead atoms. The Labute approximate surface area is 211 Å². The SMILES string of the molecule is COc1cc(C(=O)NCC(C)(c2cc(CN)cc(-c3ccc(F)cc3)n2)C(F)(F)F)ccc1OC1CC1. The van der Waals surface area contributed by atoms with Crippen molar-refractivity contribution in [3.05, 3.63) is 77.2 Å². The number of alkyl halides is 3. The van der Waals surface area contributed by atoms with E-state index in [1.807, 2.05) is 0 Å². The number of benzene rings is 2. The van der Waals surface area contributed by atoms with Gasteiger partial charge in [0.1, 0.15) is 11.2 Å². The predicted octanol–water partition coefficient (Wildman–Crippen LogP) is 5.15. The summed E-state index contributed by atoms with van der Waals surface area (Å²) >= 11 is 0. The van der Waals surface area contributed by atoms with E-state index >= 15 is 0 Å². The lowest BCUT2D eigenvalue weighted by atomic mass is 9.84. The minimum atomic E-state index is -4.76. The summed E-state index contributed by atoms with van der Waals surface area (Å²) in [5, 5.41) is 2.40. The first-order chi connectivity index (χ1) is 17.5. The predicted molar refractivity (Wildman–Crippen MR) is 130 cm³/mol. The van der Waals surface area contributed by atoms with Crippen LogP contribution in [-0.2, 0) is 12.0 Å². The van der Waals surface area contributed by atoms with Gasteiger partial charge in [-0.1, -0.05) is 0 Å². The fourth-order valence-electron chi connectivity index (χ4n) is 3.72. The van der Waals surface area contributed by atoms with Crippen molar-refractivity contribution < 1.29 is 31.8 Å². The van der Waals surface area contributed by atoms with Gasteiger partial charge >= 0.3 is 6.18 Å². The molecule has 1 saturated carbocycles. The van der Waals surface area contributed by atoms with Gasteiger partial charge in [0.25, 0.3) is 5.91 Å². The van der Waals surface area contributed by atoms with Crippen molar-refractivity contribution in [1.29, 1.82) is 0 Å². The van der Waals surface area contributed by atoms with Crippen molar-refractivity contribution in [2.24, 2.45) is 5.73 Å². The quantitative estimate of drug-likeness (QED) is 0.384. The Morgan fingerprint density at radius 3 is 2.38 bits per heavy atom. The number of nitrogens with two attached hydrogens (primary N) is 1. The molecule has 0 radical (unpaired) electrons. The Kier molecular flexibility index (Phi) is 7.40. The van der Waals surface area contributed by atoms with E-state index in [0.717, 1.165) is 19.8 Å². The maximum absolute atomic E-state index is 14.5. The number of rotatable bonds is 9. The average Bonchev–Trinajstić information content (AvgIpc) is 3.70. The van der Waals surface area contributed by atoms with Gasteiger partial charge in [-0.2, -0.15) is 13.2 Å². The molecule has 4 rings (SSSR count). The summed E-state index contributed by atoms with van der Waals surface area (Å²) < 4.78 is 67.8. The maximum Gasteiger partial charge on any atom is 0.401 e. The van der Waals surface area contributed by atoms with E-state index in [0.29, 0.717) is 22.6 Å². The van der Waals surface area contributed by atoms with Gasteiger partial charge in [-0.05, 0) is 79.9 Å². The number of pyridine rings is 1. The molecule has 2 aromatic carbocycles. The van der Waals surface area contributed by atoms with E-state index in [1.165, 1.54) is 49.6 Å². The number of hydrogen-bond acceptors (Lipinski definition) is 5. The van der Waals surface area contributed by atoms with Crippen molar-refractivity contribution in [3.8, 4) is 22.8 Å². The fourth-order valence-corrected chi connectivity index (χ4v) is 3.72. The summed E-state index contributed by atoms with van der Waals surface area (Å²) in [6.07, 6.45) is -2.79. The van der Waals surface area contributed by atoms with Crippen LogP contribution in [0.5, 0.6) is 11.5 Å². The zero-order valence-electron chi connectivity index (χ0n) is 20.4. The van der Waals surface area contributed by atoms with Crippen LogP contribution in [-0.4, -0.2) is 36.8 Å². The van der Waals surface area contributed by atoms with Crippen LogP contribution in [0.15, 0.2) is 54.6 Å². The number of carbonyl (C=O) groups excluding carboxylic acids is 1. The summed E-state index contributed by atoms with van der Waals surface area (Å²) in [6.45, 7) is 0.165. The molecule has 1 atom stereocenters. The van der Waals surface area contributed by atoms with E-state index in [-0.39, 0.29) is 29.6 Å². The summed E-state index contributed by atoms with van der Waals surface area (Å²) in [6, 6.07) is 12.6. The monoisotopic (exact) mass is 517 g/mol. The lowest BCUT2D eigenvalue weighted by molar-refractivity contribution is -0.184. The minimum absolute atomic E-state index is 0.0287. The smallest absolute Gasteiger partial charge is 0.401 e. The van der Waals surface area contributed by atoms with E-state index in [1.54, 1.807) is 12.1 Å². The lowest BCUT2D eigenvalue weighted by Gasteiger charge is -2.32. The van der Waals surface area contributed by atoms with Crippen LogP contribution in [0.1, 0.15) is 41.4 Å². The van der Waals surface area contributed by atoms with Gasteiger partial charge in [-0.25, -0.2) is 4.39 Å². The molecule has 1 amide bonds. The number of nitrogens with one attached hydrogen (secondary N) is 1. The fraction of sp³-hybridized carbons (Fsp3) is 0.333. The molecule has 1 fully saturated rings. The second kappa shape index (κ2) is 10.4. The largest absolute Gasteiger partial charge is 0.493 e. The third-order valence-corrected chi connectivity index (χ3v) is 6.30. The topological polar surface area (TPSA) is 86.5 Å². The molecule has 1 heterocycles. The van der Waals surface area contributed by atoms with Gasteiger partial charge < -0.3 is 20.5 Å². The highest BCUT2D eigenvalue weighted by molar-refractivity contribution is 5.95. The number of carbonyl (C=O) groups is 1. The molecule has 0 saturated heterocycles. The van der Waals surface area contributed by atoms with Crippen LogP contribution < -0.4 is 20.5 Å². The third-order valence-electron chi connectivity index (χ3n) is 6.30. The van der Waals surface area contributed by atoms with Crippen LogP contribution in [0.4, 0.5) is 17.6 Å². The van der Waals surface area contributed by atoms with Gasteiger partial charge in [0.05, 0.1) is 24.6 Å². The number of halogens is 4. The number of aromatic nitrogens is 1. The normalized spacial score (nSPS) is 15.1. The van der Waals surface area contributed by atoms with Gasteiger partial charge in [0, 0.05) is 24.2 Å². The number of methoxy groups -OCH3 is 1. The molecule has 1 aliphatic carbocycles. The minimum Gasteiger partial charge on any atom is -0.493 e. The lowest BCUT2D eigenvalue weighted by Crippen LogP contribution is -2.49. The first kappa shape index (κ1) is 26.4. The molecular weight excluding hydrogens is 490 g/mol. The molecule has 196 valence electrons. The Hall–Kier alpha value is -3.66. The Morgan fingerprint density at radius 1 is 1.08 bits per heavy atom. The highest BCUT2D eigenvalue weighted by Crippen LogP contribution is 2.41. The number of ether oxygens (including phenoxy) is 2. The van der Waals surface area contributed by atoms with Gasteiger partial charge in [-0.3, -0.25) is 9.78 Å². The molecule has 0 spiro atoms. The molecule has 1 unspecified atom stereocenters. The van der Waals surface area contributed by atoms with Gasteiger partial charge in [0.2, 0.25) is 0 Å². The highest BCUT2D eigenvalue weighted by atomic mass is 19.4. The second-order valence-electron chi connectivity index (χ2n) is 9.15. The molecule has 10 heteroatoms. The number of hydrogen-bond donors (Lipinski definition) is 2. The van der Waals surface area contributed by atoms with E-state index in [4.69, 9.17) is 15.2 Å². The highest BCUT2D eigenvalue weighted by Gasteiger charge is 2.53. The molecule has 37 heavy (non-hydrogen) atoms. The van der Waals surface area contributed by atoms with E-state index in [2.05, 4.69) is 10.3 Å². The molecule has 0 aliphatic heterocycles. The van der Waals surface area contributed by atoms with Crippen LogP contribution in [0.25, 0.3) is 11.3 Å². The molecule has 1 aromatic heterocycles. The standard InChI is InChI=1S/C27H27F4N3O3/c1-26(27(29,30)31,24-12-16(14-32)11-21(34-24)17-3-6-19(28)7-4-17)15-33-25(35)18-5-10-22(23(13-18)36-2)37-20-8-9-20/h3-7,10-13,20H,8-9,14-15,32H2,1-2H3,(H,33,35). The van der Waals surface area contributed by atoms with Crippen molar-refractivity contribution in [2.45, 2.75) is 44.0 Å². The van der Waals surface area contributed by atoms with Gasteiger partial charge in [-0.15, -0.1) is 0 Å². The summed E-state index contributed by atoms with van der Waals surface area (Å²) in [4.78, 5) is 17.1. The maximum atomic E-state index is 14.5.